The Labute approximate surface area is 344 Å². The molecule has 1 N–H and O–H groups in total. The first-order valence-corrected chi connectivity index (χ1v) is 21.2. The van der Waals surface area contributed by atoms with Crippen molar-refractivity contribution < 1.29 is 26.7 Å². The molecular formula is C46H40F2N6O5S. The van der Waals surface area contributed by atoms with Gasteiger partial charge in [0.25, 0.3) is 5.56 Å². The van der Waals surface area contributed by atoms with E-state index in [1.54, 1.807) is 18.3 Å². The number of nitrogens with zero attached hydrogens (tertiary/aromatic N) is 5. The molecule has 2 aliphatic rings. The van der Waals surface area contributed by atoms with Crippen molar-refractivity contribution in [1.82, 2.24) is 29.0 Å². The van der Waals surface area contributed by atoms with Gasteiger partial charge in [-0.25, -0.2) is 22.2 Å². The molecule has 0 bridgehead atoms. The van der Waals surface area contributed by atoms with E-state index >= 15 is 0 Å². The first-order valence-electron chi connectivity index (χ1n) is 19.8. The van der Waals surface area contributed by atoms with E-state index in [0.29, 0.717) is 11.4 Å². The number of fused-ring (bicyclic) bond motifs is 1. The van der Waals surface area contributed by atoms with Crippen molar-refractivity contribution in [3.8, 4) is 27.9 Å². The summed E-state index contributed by atoms with van der Waals surface area (Å²) in [4.78, 5) is 33.8. The van der Waals surface area contributed by atoms with E-state index in [9.17, 15) is 26.8 Å². The lowest BCUT2D eigenvalue weighted by Gasteiger charge is -2.26. The number of sulfonamides is 1. The third kappa shape index (κ3) is 8.26. The predicted molar refractivity (Wildman–Crippen MR) is 223 cm³/mol. The maximum atomic E-state index is 14.8. The fraction of sp³-hybridized carbons (Fsp3) is 0.217. The first kappa shape index (κ1) is 39.1. The van der Waals surface area contributed by atoms with Crippen molar-refractivity contribution in [3.63, 3.8) is 0 Å². The molecule has 2 fully saturated rings. The smallest absolute Gasteiger partial charge is 0.266 e. The molecule has 0 spiro atoms. The molecule has 1 unspecified atom stereocenters. The first-order chi connectivity index (χ1) is 29.1. The highest BCUT2D eigenvalue weighted by Gasteiger charge is 2.29. The number of amides is 1. The van der Waals surface area contributed by atoms with Gasteiger partial charge in [-0.3, -0.25) is 18.8 Å². The standard InChI is InChI=1S/C46H40F2N6O5S/c47-36-23-30(24-37(48)28-36)25-43(49-44(55)29-52-18-17-41(51-52)32-9-10-32)45-50-42-27-35(34-8-4-7-33(26-34)31-5-2-1-3-6-31)11-16-40(42)46(56)54(45)38-12-14-39(15-13-38)60(57,58)53-19-21-59-22-20-53/h1-8,11-18,23-24,26-28,32,43H,9-10,19-22,25,29H2,(H,49,55). The molecule has 1 saturated carbocycles. The molecule has 1 aliphatic carbocycles. The van der Waals surface area contributed by atoms with E-state index in [0.717, 1.165) is 46.9 Å². The Hall–Kier alpha value is -6.35. The zero-order chi connectivity index (χ0) is 41.4. The molecule has 1 amide bonds. The predicted octanol–water partition coefficient (Wildman–Crippen LogP) is 7.19. The number of nitrogens with one attached hydrogen (secondary N) is 1. The number of halogens is 2. The molecule has 1 saturated heterocycles. The van der Waals surface area contributed by atoms with Gasteiger partial charge in [0.05, 0.1) is 46.4 Å². The molecular weight excluding hydrogens is 787 g/mol. The van der Waals surface area contributed by atoms with E-state index in [1.165, 1.54) is 50.0 Å². The van der Waals surface area contributed by atoms with Crippen molar-refractivity contribution in [2.45, 2.75) is 42.7 Å². The third-order valence-electron chi connectivity index (χ3n) is 10.9. The number of aromatic nitrogens is 4. The highest BCUT2D eigenvalue weighted by atomic mass is 32.2. The van der Waals surface area contributed by atoms with Gasteiger partial charge in [0, 0.05) is 37.7 Å². The van der Waals surface area contributed by atoms with Crippen molar-refractivity contribution in [1.29, 1.82) is 0 Å². The average Bonchev–Trinajstić information content (AvgIpc) is 4.01. The summed E-state index contributed by atoms with van der Waals surface area (Å²) in [6, 6.07) is 33.0. The minimum atomic E-state index is -3.86. The van der Waals surface area contributed by atoms with Crippen LogP contribution in [0.1, 0.15) is 41.9 Å². The Kier molecular flexibility index (Phi) is 10.7. The summed E-state index contributed by atoms with van der Waals surface area (Å²) < 4.78 is 66.0. The topological polar surface area (TPSA) is 128 Å². The number of carbonyl (C=O) groups is 1. The Bertz CT molecular complexity index is 2870. The van der Waals surface area contributed by atoms with Crippen molar-refractivity contribution >= 4 is 26.8 Å². The average molecular weight is 827 g/mol. The quantitative estimate of drug-likeness (QED) is 0.138. The van der Waals surface area contributed by atoms with Gasteiger partial charge in [-0.1, -0.05) is 54.6 Å². The second-order valence-electron chi connectivity index (χ2n) is 15.1. The van der Waals surface area contributed by atoms with Gasteiger partial charge in [-0.15, -0.1) is 0 Å². The molecule has 14 heteroatoms. The zero-order valence-electron chi connectivity index (χ0n) is 32.4. The van der Waals surface area contributed by atoms with Crippen LogP contribution in [0.3, 0.4) is 0 Å². The summed E-state index contributed by atoms with van der Waals surface area (Å²) in [6.45, 7) is 0.827. The molecule has 0 radical (unpaired) electrons. The molecule has 1 atom stereocenters. The number of ether oxygens (including phenoxy) is 1. The van der Waals surface area contributed by atoms with Crippen LogP contribution in [0, 0.1) is 11.6 Å². The summed E-state index contributed by atoms with van der Waals surface area (Å²) in [5.41, 5.74) is 4.94. The van der Waals surface area contributed by atoms with Crippen LogP contribution in [0.25, 0.3) is 38.8 Å². The Morgan fingerprint density at radius 1 is 0.800 bits per heavy atom. The van der Waals surface area contributed by atoms with Crippen LogP contribution in [-0.2, 0) is 32.5 Å². The van der Waals surface area contributed by atoms with Crippen molar-refractivity contribution in [3.05, 3.63) is 167 Å². The summed E-state index contributed by atoms with van der Waals surface area (Å²) in [6.07, 6.45) is 3.67. The molecule has 60 heavy (non-hydrogen) atoms. The van der Waals surface area contributed by atoms with Crippen molar-refractivity contribution in [2.75, 3.05) is 26.3 Å². The summed E-state index contributed by atoms with van der Waals surface area (Å²) >= 11 is 0. The molecule has 2 aromatic heterocycles. The lowest BCUT2D eigenvalue weighted by molar-refractivity contribution is -0.122. The van der Waals surface area contributed by atoms with Gasteiger partial charge in [-0.2, -0.15) is 9.40 Å². The number of rotatable bonds is 12. The maximum absolute atomic E-state index is 14.8. The van der Waals surface area contributed by atoms with Gasteiger partial charge >= 0.3 is 0 Å². The second-order valence-corrected chi connectivity index (χ2v) is 17.1. The normalized spacial score (nSPS) is 15.2. The SMILES string of the molecule is O=C(Cn1ccc(C2CC2)n1)NC(Cc1cc(F)cc(F)c1)c1nc2cc(-c3cccc(-c4ccccc4)c3)ccc2c(=O)n1-c1ccc(S(=O)(=O)N2CCOCC2)cc1. The number of hydrogen-bond acceptors (Lipinski definition) is 7. The maximum Gasteiger partial charge on any atom is 0.266 e. The fourth-order valence-corrected chi connectivity index (χ4v) is 9.11. The largest absolute Gasteiger partial charge is 0.379 e. The number of hydrogen-bond donors (Lipinski definition) is 1. The Morgan fingerprint density at radius 2 is 1.48 bits per heavy atom. The molecule has 9 rings (SSSR count). The van der Waals surface area contributed by atoms with Gasteiger partial charge < -0.3 is 10.1 Å². The van der Waals surface area contributed by atoms with Gasteiger partial charge in [0.2, 0.25) is 15.9 Å². The van der Waals surface area contributed by atoms with Crippen molar-refractivity contribution in [2.24, 2.45) is 0 Å². The lowest BCUT2D eigenvalue weighted by Crippen LogP contribution is -2.40. The Balaban J connectivity index is 1.17. The minimum Gasteiger partial charge on any atom is -0.379 e. The number of morpholine rings is 1. The highest BCUT2D eigenvalue weighted by Crippen LogP contribution is 2.39. The van der Waals surface area contributed by atoms with Crippen LogP contribution in [-0.4, -0.2) is 64.3 Å². The highest BCUT2D eigenvalue weighted by molar-refractivity contribution is 7.89. The summed E-state index contributed by atoms with van der Waals surface area (Å²) in [5, 5.41) is 7.83. The molecule has 304 valence electrons. The molecule has 3 heterocycles. The van der Waals surface area contributed by atoms with Gasteiger partial charge in [-0.05, 0) is 101 Å². The summed E-state index contributed by atoms with van der Waals surface area (Å²) in [7, 11) is -3.86. The zero-order valence-corrected chi connectivity index (χ0v) is 33.2. The minimum absolute atomic E-state index is 0.0313. The van der Waals surface area contributed by atoms with Crippen LogP contribution in [0.4, 0.5) is 8.78 Å². The Morgan fingerprint density at radius 3 is 2.20 bits per heavy atom. The third-order valence-corrected chi connectivity index (χ3v) is 12.8. The van der Waals surface area contributed by atoms with Crippen LogP contribution in [0.15, 0.2) is 137 Å². The number of benzene rings is 5. The van der Waals surface area contributed by atoms with E-state index < -0.39 is 39.2 Å². The second kappa shape index (κ2) is 16.4. The fourth-order valence-electron chi connectivity index (χ4n) is 7.70. The number of carbonyl (C=O) groups excluding carboxylic acids is 1. The van der Waals surface area contributed by atoms with Gasteiger partial charge in [0.1, 0.15) is 24.0 Å². The van der Waals surface area contributed by atoms with Gasteiger partial charge in [0.15, 0.2) is 0 Å². The van der Waals surface area contributed by atoms with Crippen LogP contribution in [0.5, 0.6) is 0 Å². The van der Waals surface area contributed by atoms with E-state index in [-0.39, 0.29) is 66.6 Å². The lowest BCUT2D eigenvalue weighted by atomic mass is 9.98. The van der Waals surface area contributed by atoms with Crippen LogP contribution in [0.2, 0.25) is 0 Å². The van der Waals surface area contributed by atoms with Crippen LogP contribution < -0.4 is 10.9 Å². The summed E-state index contributed by atoms with van der Waals surface area (Å²) in [5.74, 6) is -1.63. The van der Waals surface area contributed by atoms with Crippen LogP contribution >= 0.6 is 0 Å². The molecule has 5 aromatic carbocycles. The van der Waals surface area contributed by atoms with E-state index in [4.69, 9.17) is 9.72 Å². The monoisotopic (exact) mass is 826 g/mol. The van der Waals surface area contributed by atoms with E-state index in [1.807, 2.05) is 60.7 Å². The van der Waals surface area contributed by atoms with E-state index in [2.05, 4.69) is 16.5 Å². The molecule has 7 aromatic rings. The molecule has 1 aliphatic heterocycles. The molecule has 11 nitrogen and oxygen atoms in total.